The van der Waals surface area contributed by atoms with Crippen LogP contribution in [0.15, 0.2) is 42.5 Å². The summed E-state index contributed by atoms with van der Waals surface area (Å²) in [6.45, 7) is 1.91. The first-order valence-corrected chi connectivity index (χ1v) is 6.71. The minimum atomic E-state index is -1.11. The molecule has 0 aliphatic heterocycles. The van der Waals surface area contributed by atoms with Gasteiger partial charge in [-0.15, -0.1) is 0 Å². The highest BCUT2D eigenvalue weighted by molar-refractivity contribution is 6.30. The highest BCUT2D eigenvalue weighted by Gasteiger charge is 2.20. The summed E-state index contributed by atoms with van der Waals surface area (Å²) < 4.78 is 4.99. The van der Waals surface area contributed by atoms with E-state index < -0.39 is 11.9 Å². The van der Waals surface area contributed by atoms with Gasteiger partial charge in [-0.25, -0.2) is 9.59 Å². The Morgan fingerprint density at radius 2 is 1.71 bits per heavy atom. The first-order chi connectivity index (χ1) is 10.0. The van der Waals surface area contributed by atoms with Crippen molar-refractivity contribution in [2.24, 2.45) is 0 Å². The highest BCUT2D eigenvalue weighted by atomic mass is 35.5. The van der Waals surface area contributed by atoms with Crippen LogP contribution in [0.5, 0.6) is 0 Å². The van der Waals surface area contributed by atoms with Crippen LogP contribution in [0.1, 0.15) is 27.6 Å². The van der Waals surface area contributed by atoms with Crippen molar-refractivity contribution >= 4 is 23.5 Å². The van der Waals surface area contributed by atoms with E-state index in [-0.39, 0.29) is 17.7 Å². The summed E-state index contributed by atoms with van der Waals surface area (Å²) in [4.78, 5) is 23.5. The zero-order valence-electron chi connectivity index (χ0n) is 11.3. The molecule has 2 aromatic rings. The van der Waals surface area contributed by atoms with Gasteiger partial charge in [0.25, 0.3) is 0 Å². The number of carbonyl (C=O) groups excluding carboxylic acids is 1. The number of carboxylic acid groups (broad SMARTS) is 1. The molecule has 0 amide bonds. The summed E-state index contributed by atoms with van der Waals surface area (Å²) in [6, 6.07) is 11.2. The molecule has 0 saturated carbocycles. The number of rotatable bonds is 4. The van der Waals surface area contributed by atoms with Gasteiger partial charge in [0.15, 0.2) is 0 Å². The number of hydrogen-bond donors (Lipinski definition) is 1. The molecule has 0 unspecified atom stereocenters. The molecule has 4 nitrogen and oxygen atoms in total. The molecule has 5 heteroatoms. The van der Waals surface area contributed by atoms with Gasteiger partial charge in [0.1, 0.15) is 0 Å². The van der Waals surface area contributed by atoms with Crippen LogP contribution in [0.4, 0.5) is 0 Å². The van der Waals surface area contributed by atoms with Gasteiger partial charge in [-0.2, -0.15) is 0 Å². The molecule has 21 heavy (non-hydrogen) atoms. The number of hydrogen-bond acceptors (Lipinski definition) is 3. The van der Waals surface area contributed by atoms with Crippen LogP contribution in [0.25, 0.3) is 11.1 Å². The topological polar surface area (TPSA) is 63.6 Å². The first-order valence-electron chi connectivity index (χ1n) is 6.34. The summed E-state index contributed by atoms with van der Waals surface area (Å²) in [5.41, 5.74) is 1.20. The molecular formula is C16H13ClO4. The average Bonchev–Trinajstić information content (AvgIpc) is 2.47. The summed E-state index contributed by atoms with van der Waals surface area (Å²) in [5.74, 6) is -1.66. The third kappa shape index (κ3) is 3.23. The maximum absolute atomic E-state index is 12.0. The van der Waals surface area contributed by atoms with Crippen LogP contribution in [0, 0.1) is 0 Å². The molecule has 0 fully saturated rings. The van der Waals surface area contributed by atoms with Gasteiger partial charge in [-0.05, 0) is 36.8 Å². The number of carbonyl (C=O) groups is 2. The Kier molecular flexibility index (Phi) is 4.60. The van der Waals surface area contributed by atoms with E-state index in [1.54, 1.807) is 37.3 Å². The summed E-state index contributed by atoms with van der Waals surface area (Å²) in [5, 5.41) is 9.87. The Hall–Kier alpha value is -2.33. The summed E-state index contributed by atoms with van der Waals surface area (Å²) in [6.07, 6.45) is 0. The summed E-state index contributed by atoms with van der Waals surface area (Å²) >= 11 is 5.85. The molecule has 2 aromatic carbocycles. The van der Waals surface area contributed by atoms with Crippen molar-refractivity contribution in [2.75, 3.05) is 6.61 Å². The van der Waals surface area contributed by atoms with E-state index in [0.717, 1.165) is 0 Å². The molecule has 1 N–H and O–H groups in total. The Labute approximate surface area is 126 Å². The molecule has 0 spiro atoms. The van der Waals surface area contributed by atoms with E-state index in [1.807, 2.05) is 0 Å². The fourth-order valence-corrected chi connectivity index (χ4v) is 2.16. The standard InChI is InChI=1S/C16H13ClO4/c1-2-21-16(20)13-5-3-4-12(15(18)19)14(13)10-6-8-11(17)9-7-10/h3-9H,2H2,1H3,(H,18,19). The monoisotopic (exact) mass is 304 g/mol. The van der Waals surface area contributed by atoms with Crippen molar-refractivity contribution in [3.63, 3.8) is 0 Å². The van der Waals surface area contributed by atoms with Crippen molar-refractivity contribution in [2.45, 2.75) is 6.92 Å². The van der Waals surface area contributed by atoms with Gasteiger partial charge >= 0.3 is 11.9 Å². The molecule has 2 rings (SSSR count). The van der Waals surface area contributed by atoms with E-state index in [9.17, 15) is 14.7 Å². The maximum Gasteiger partial charge on any atom is 0.338 e. The Morgan fingerprint density at radius 1 is 1.10 bits per heavy atom. The minimum absolute atomic E-state index is 0.0443. The van der Waals surface area contributed by atoms with E-state index in [0.29, 0.717) is 16.1 Å². The van der Waals surface area contributed by atoms with Gasteiger partial charge in [-0.3, -0.25) is 0 Å². The van der Waals surface area contributed by atoms with Crippen LogP contribution in [-0.2, 0) is 4.74 Å². The van der Waals surface area contributed by atoms with E-state index in [4.69, 9.17) is 16.3 Å². The van der Waals surface area contributed by atoms with Crippen molar-refractivity contribution < 1.29 is 19.4 Å². The lowest BCUT2D eigenvalue weighted by Crippen LogP contribution is -2.10. The quantitative estimate of drug-likeness (QED) is 0.871. The lowest BCUT2D eigenvalue weighted by Gasteiger charge is -2.12. The van der Waals surface area contributed by atoms with Gasteiger partial charge in [-0.1, -0.05) is 29.8 Å². The smallest absolute Gasteiger partial charge is 0.338 e. The molecular weight excluding hydrogens is 292 g/mol. The predicted molar refractivity (Wildman–Crippen MR) is 79.8 cm³/mol. The molecule has 0 radical (unpaired) electrons. The number of benzene rings is 2. The molecule has 0 atom stereocenters. The molecule has 0 saturated heterocycles. The molecule has 0 bridgehead atoms. The molecule has 108 valence electrons. The fourth-order valence-electron chi connectivity index (χ4n) is 2.04. The maximum atomic E-state index is 12.0. The zero-order chi connectivity index (χ0) is 15.4. The highest BCUT2D eigenvalue weighted by Crippen LogP contribution is 2.29. The van der Waals surface area contributed by atoms with Crippen LogP contribution >= 0.6 is 11.6 Å². The first kappa shape index (κ1) is 15.1. The number of ether oxygens (including phenoxy) is 1. The number of esters is 1. The van der Waals surface area contributed by atoms with Gasteiger partial charge < -0.3 is 9.84 Å². The molecule has 0 aliphatic rings. The van der Waals surface area contributed by atoms with Crippen LogP contribution < -0.4 is 0 Å². The SMILES string of the molecule is CCOC(=O)c1cccc(C(=O)O)c1-c1ccc(Cl)cc1. The minimum Gasteiger partial charge on any atom is -0.478 e. The third-order valence-corrected chi connectivity index (χ3v) is 3.18. The Bertz CT molecular complexity index is 677. The Balaban J connectivity index is 2.67. The largest absolute Gasteiger partial charge is 0.478 e. The van der Waals surface area contributed by atoms with Crippen molar-refractivity contribution in [3.8, 4) is 11.1 Å². The second kappa shape index (κ2) is 6.41. The van der Waals surface area contributed by atoms with Gasteiger partial charge in [0.2, 0.25) is 0 Å². The van der Waals surface area contributed by atoms with Gasteiger partial charge in [0.05, 0.1) is 17.7 Å². The van der Waals surface area contributed by atoms with E-state index in [1.165, 1.54) is 12.1 Å². The molecule has 0 aromatic heterocycles. The van der Waals surface area contributed by atoms with Crippen LogP contribution in [-0.4, -0.2) is 23.7 Å². The summed E-state index contributed by atoms with van der Waals surface area (Å²) in [7, 11) is 0. The normalized spacial score (nSPS) is 10.2. The second-order valence-electron chi connectivity index (χ2n) is 4.26. The zero-order valence-corrected chi connectivity index (χ0v) is 12.1. The average molecular weight is 305 g/mol. The van der Waals surface area contributed by atoms with E-state index in [2.05, 4.69) is 0 Å². The van der Waals surface area contributed by atoms with Crippen molar-refractivity contribution in [1.82, 2.24) is 0 Å². The van der Waals surface area contributed by atoms with Crippen molar-refractivity contribution in [3.05, 3.63) is 58.6 Å². The second-order valence-corrected chi connectivity index (χ2v) is 4.70. The van der Waals surface area contributed by atoms with Crippen molar-refractivity contribution in [1.29, 1.82) is 0 Å². The molecule has 0 heterocycles. The number of carboxylic acids is 1. The number of aromatic carboxylic acids is 1. The lowest BCUT2D eigenvalue weighted by atomic mass is 9.94. The number of halogens is 1. The third-order valence-electron chi connectivity index (χ3n) is 2.92. The van der Waals surface area contributed by atoms with Crippen LogP contribution in [0.3, 0.4) is 0 Å². The molecule has 0 aliphatic carbocycles. The van der Waals surface area contributed by atoms with Crippen LogP contribution in [0.2, 0.25) is 5.02 Å². The Morgan fingerprint density at radius 3 is 2.29 bits per heavy atom. The predicted octanol–water partition coefficient (Wildman–Crippen LogP) is 3.88. The van der Waals surface area contributed by atoms with Gasteiger partial charge in [0, 0.05) is 10.6 Å². The van der Waals surface area contributed by atoms with E-state index >= 15 is 0 Å². The fraction of sp³-hybridized carbons (Fsp3) is 0.125. The lowest BCUT2D eigenvalue weighted by molar-refractivity contribution is 0.0527.